The van der Waals surface area contributed by atoms with Gasteiger partial charge in [0.15, 0.2) is 0 Å². The Morgan fingerprint density at radius 1 is 1.07 bits per heavy atom. The van der Waals surface area contributed by atoms with Crippen LogP contribution in [0.4, 0.5) is 0 Å². The monoisotopic (exact) mass is 610 g/mol. The number of aliphatic hydroxyl groups excluding tert-OH is 1. The van der Waals surface area contributed by atoms with Gasteiger partial charge < -0.3 is 25.4 Å². The fourth-order valence-electron chi connectivity index (χ4n) is 6.18. The molecule has 6 rings (SSSR count). The minimum Gasteiger partial charge on any atom is -0.489 e. The predicted octanol–water partition coefficient (Wildman–Crippen LogP) is 4.94. The van der Waals surface area contributed by atoms with Crippen molar-refractivity contribution in [2.24, 2.45) is 0 Å². The highest BCUT2D eigenvalue weighted by atomic mass is 32.1. The maximum absolute atomic E-state index is 13.7. The Morgan fingerprint density at radius 3 is 2.57 bits per heavy atom. The Kier molecular flexibility index (Phi) is 9.35. The standard InChI is InChI=1S/C35H38N4O4S/c1-23-22-44-34(37-23)31-16-9-17-39(31)35(42)26-13-8-12-25(19-26)33(41)38-30(18-24-10-4-2-5-11-24)32(40)29-20-28(21-36-29)43-27-14-6-3-7-15-27/h2-8,10-15,19,22,28-32,36,40H,9,16-18,20-21H2,1H3,(H,38,41)/t28-,29-,30+,31?,32-/m1/s1. The van der Waals surface area contributed by atoms with Crippen LogP contribution in [0.5, 0.6) is 5.75 Å². The summed E-state index contributed by atoms with van der Waals surface area (Å²) >= 11 is 1.59. The molecule has 0 aliphatic carbocycles. The van der Waals surface area contributed by atoms with E-state index >= 15 is 0 Å². The van der Waals surface area contributed by atoms with Crippen molar-refractivity contribution < 1.29 is 19.4 Å². The van der Waals surface area contributed by atoms with Crippen LogP contribution >= 0.6 is 11.3 Å². The van der Waals surface area contributed by atoms with Crippen LogP contribution in [0.3, 0.4) is 0 Å². The molecule has 3 aromatic carbocycles. The van der Waals surface area contributed by atoms with Crippen LogP contribution < -0.4 is 15.4 Å². The number of hydrogen-bond acceptors (Lipinski definition) is 7. The quantitative estimate of drug-likeness (QED) is 0.235. The number of aromatic nitrogens is 1. The molecule has 2 aliphatic heterocycles. The lowest BCUT2D eigenvalue weighted by Crippen LogP contribution is -2.52. The van der Waals surface area contributed by atoms with Crippen LogP contribution in [0.2, 0.25) is 0 Å². The first-order chi connectivity index (χ1) is 21.4. The first-order valence-electron chi connectivity index (χ1n) is 15.3. The average molecular weight is 611 g/mol. The summed E-state index contributed by atoms with van der Waals surface area (Å²) in [6.07, 6.45) is 1.91. The van der Waals surface area contributed by atoms with E-state index in [1.165, 1.54) is 0 Å². The number of para-hydroxylation sites is 1. The van der Waals surface area contributed by atoms with E-state index < -0.39 is 12.1 Å². The molecule has 5 atom stereocenters. The number of aliphatic hydroxyl groups is 1. The molecule has 8 nitrogen and oxygen atoms in total. The fourth-order valence-corrected chi connectivity index (χ4v) is 7.13. The highest BCUT2D eigenvalue weighted by Crippen LogP contribution is 2.35. The molecule has 0 radical (unpaired) electrons. The molecule has 0 bridgehead atoms. The summed E-state index contributed by atoms with van der Waals surface area (Å²) in [6, 6.07) is 25.5. The Bertz CT molecular complexity index is 1560. The molecule has 9 heteroatoms. The van der Waals surface area contributed by atoms with E-state index in [0.29, 0.717) is 37.1 Å². The number of carbonyl (C=O) groups is 2. The van der Waals surface area contributed by atoms with Crippen LogP contribution in [-0.4, -0.2) is 64.2 Å². The molecule has 3 heterocycles. The predicted molar refractivity (Wildman–Crippen MR) is 171 cm³/mol. The van der Waals surface area contributed by atoms with E-state index in [9.17, 15) is 14.7 Å². The topological polar surface area (TPSA) is 104 Å². The largest absolute Gasteiger partial charge is 0.489 e. The van der Waals surface area contributed by atoms with Gasteiger partial charge in [0.25, 0.3) is 11.8 Å². The van der Waals surface area contributed by atoms with E-state index in [1.54, 1.807) is 35.6 Å². The minimum absolute atomic E-state index is 0.0438. The smallest absolute Gasteiger partial charge is 0.254 e. The summed E-state index contributed by atoms with van der Waals surface area (Å²) in [5.74, 6) is 0.360. The van der Waals surface area contributed by atoms with Gasteiger partial charge in [0, 0.05) is 47.8 Å². The zero-order valence-electron chi connectivity index (χ0n) is 24.8. The van der Waals surface area contributed by atoms with Crippen molar-refractivity contribution >= 4 is 23.2 Å². The number of hydrogen-bond donors (Lipinski definition) is 3. The summed E-state index contributed by atoms with van der Waals surface area (Å²) < 4.78 is 6.12. The van der Waals surface area contributed by atoms with E-state index in [4.69, 9.17) is 4.74 Å². The van der Waals surface area contributed by atoms with Gasteiger partial charge in [-0.15, -0.1) is 11.3 Å². The second-order valence-corrected chi connectivity index (χ2v) is 12.5. The number of nitrogens with one attached hydrogen (secondary N) is 2. The summed E-state index contributed by atoms with van der Waals surface area (Å²) in [5, 5.41) is 21.0. The maximum Gasteiger partial charge on any atom is 0.254 e. The molecule has 2 aliphatic rings. The maximum atomic E-state index is 13.7. The number of likely N-dealkylation sites (tertiary alicyclic amines) is 1. The molecule has 44 heavy (non-hydrogen) atoms. The van der Waals surface area contributed by atoms with Gasteiger partial charge in [0.2, 0.25) is 0 Å². The van der Waals surface area contributed by atoms with Gasteiger partial charge in [-0.2, -0.15) is 0 Å². The Balaban J connectivity index is 1.16. The Hall–Kier alpha value is -4.05. The molecule has 2 saturated heterocycles. The lowest BCUT2D eigenvalue weighted by atomic mass is 9.94. The van der Waals surface area contributed by atoms with Crippen LogP contribution in [0.15, 0.2) is 90.3 Å². The molecule has 3 N–H and O–H groups in total. The third-order valence-electron chi connectivity index (χ3n) is 8.42. The Labute approximate surface area is 262 Å². The molecule has 1 unspecified atom stereocenters. The van der Waals surface area contributed by atoms with Gasteiger partial charge in [0.05, 0.1) is 18.2 Å². The lowest BCUT2D eigenvalue weighted by Gasteiger charge is -2.29. The molecule has 0 saturated carbocycles. The number of nitrogens with zero attached hydrogens (tertiary/aromatic N) is 2. The number of amides is 2. The minimum atomic E-state index is -0.861. The van der Waals surface area contributed by atoms with Gasteiger partial charge >= 0.3 is 0 Å². The van der Waals surface area contributed by atoms with Gasteiger partial charge in [-0.05, 0) is 62.1 Å². The van der Waals surface area contributed by atoms with Crippen LogP contribution in [0, 0.1) is 6.92 Å². The van der Waals surface area contributed by atoms with Crippen molar-refractivity contribution in [3.8, 4) is 5.75 Å². The first kappa shape index (κ1) is 30.0. The van der Waals surface area contributed by atoms with Crippen molar-refractivity contribution in [3.05, 3.63) is 118 Å². The third-order valence-corrected chi connectivity index (χ3v) is 9.48. The van der Waals surface area contributed by atoms with Crippen molar-refractivity contribution in [1.29, 1.82) is 0 Å². The van der Waals surface area contributed by atoms with Crippen molar-refractivity contribution in [2.45, 2.75) is 62.9 Å². The highest BCUT2D eigenvalue weighted by molar-refractivity contribution is 7.09. The van der Waals surface area contributed by atoms with Crippen molar-refractivity contribution in [2.75, 3.05) is 13.1 Å². The highest BCUT2D eigenvalue weighted by Gasteiger charge is 2.36. The summed E-state index contributed by atoms with van der Waals surface area (Å²) in [7, 11) is 0. The number of aryl methyl sites for hydroxylation is 1. The molecule has 228 valence electrons. The van der Waals surface area contributed by atoms with E-state index in [-0.39, 0.29) is 30.0 Å². The number of ether oxygens (including phenoxy) is 1. The molecule has 1 aromatic heterocycles. The molecule has 2 amide bonds. The number of rotatable bonds is 10. The molecule has 2 fully saturated rings. The van der Waals surface area contributed by atoms with Crippen molar-refractivity contribution in [3.63, 3.8) is 0 Å². The molecule has 0 spiro atoms. The van der Waals surface area contributed by atoms with E-state index in [2.05, 4.69) is 15.6 Å². The summed E-state index contributed by atoms with van der Waals surface area (Å²) in [6.45, 7) is 3.23. The van der Waals surface area contributed by atoms with Gasteiger partial charge in [-0.1, -0.05) is 54.6 Å². The van der Waals surface area contributed by atoms with Gasteiger partial charge in [-0.25, -0.2) is 4.98 Å². The van der Waals surface area contributed by atoms with Gasteiger partial charge in [0.1, 0.15) is 16.9 Å². The number of carbonyl (C=O) groups excluding carboxylic acids is 2. The SMILES string of the molecule is Cc1csc(C2CCCN2C(=O)c2cccc(C(=O)N[C@@H](Cc3ccccc3)[C@H](O)[C@H]3C[C@@H](Oc4ccccc4)CN3)c2)n1. The average Bonchev–Trinajstić information content (AvgIpc) is 3.82. The summed E-state index contributed by atoms with van der Waals surface area (Å²) in [5.41, 5.74) is 2.82. The van der Waals surface area contributed by atoms with Crippen LogP contribution in [-0.2, 0) is 6.42 Å². The zero-order chi connectivity index (χ0) is 30.5. The van der Waals surface area contributed by atoms with Crippen LogP contribution in [0.1, 0.15) is 62.3 Å². The first-order valence-corrected chi connectivity index (χ1v) is 16.1. The van der Waals surface area contributed by atoms with Crippen molar-refractivity contribution in [1.82, 2.24) is 20.5 Å². The molecule has 4 aromatic rings. The molecular formula is C35H38N4O4S. The third kappa shape index (κ3) is 7.01. The zero-order valence-corrected chi connectivity index (χ0v) is 25.6. The molecular weight excluding hydrogens is 572 g/mol. The second kappa shape index (κ2) is 13.7. The number of benzene rings is 3. The second-order valence-electron chi connectivity index (χ2n) is 11.6. The van der Waals surface area contributed by atoms with Crippen LogP contribution in [0.25, 0.3) is 0 Å². The lowest BCUT2D eigenvalue weighted by molar-refractivity contribution is 0.0719. The van der Waals surface area contributed by atoms with Gasteiger partial charge in [-0.3, -0.25) is 9.59 Å². The Morgan fingerprint density at radius 2 is 1.82 bits per heavy atom. The number of thiazole rings is 1. The summed E-state index contributed by atoms with van der Waals surface area (Å²) in [4.78, 5) is 33.8. The van der Waals surface area contributed by atoms with E-state index in [0.717, 1.165) is 34.9 Å². The fraction of sp³-hybridized carbons (Fsp3) is 0.343. The van der Waals surface area contributed by atoms with E-state index in [1.807, 2.05) is 77.9 Å². The normalized spacial score (nSPS) is 21.1.